The van der Waals surface area contributed by atoms with E-state index in [4.69, 9.17) is 20.9 Å². The van der Waals surface area contributed by atoms with Crippen molar-refractivity contribution in [2.24, 2.45) is 5.73 Å². The summed E-state index contributed by atoms with van der Waals surface area (Å²) in [5, 5.41) is 12.6. The SMILES string of the molecule is CCOC(=O)CNC(=O)[C@@H](c1ccc(O)c(OC)c1)N(C(=O)c1snc(C(N)=O)c1N)c1ccc(C)cc1. The summed E-state index contributed by atoms with van der Waals surface area (Å²) in [6, 6.07) is 9.49. The molecule has 0 radical (unpaired) electrons. The molecule has 3 amide bonds. The number of nitrogen functional groups attached to an aromatic ring is 1. The van der Waals surface area contributed by atoms with E-state index < -0.39 is 36.3 Å². The van der Waals surface area contributed by atoms with Crippen molar-refractivity contribution in [3.63, 3.8) is 0 Å². The van der Waals surface area contributed by atoms with Gasteiger partial charge in [-0.25, -0.2) is 0 Å². The number of rotatable bonds is 10. The number of aryl methyl sites for hydroxylation is 1. The molecule has 0 unspecified atom stereocenters. The fraction of sp³-hybridized carbons (Fsp3) is 0.240. The summed E-state index contributed by atoms with van der Waals surface area (Å²) in [7, 11) is 1.33. The lowest BCUT2D eigenvalue weighted by Gasteiger charge is -2.31. The minimum Gasteiger partial charge on any atom is -0.504 e. The number of amides is 3. The number of hydrogen-bond acceptors (Lipinski definition) is 10. The number of methoxy groups -OCH3 is 1. The monoisotopic (exact) mass is 541 g/mol. The highest BCUT2D eigenvalue weighted by Crippen LogP contribution is 2.36. The van der Waals surface area contributed by atoms with Crippen molar-refractivity contribution in [2.75, 3.05) is 30.9 Å². The van der Waals surface area contributed by atoms with Crippen LogP contribution in [-0.4, -0.2) is 53.4 Å². The van der Waals surface area contributed by atoms with Gasteiger partial charge >= 0.3 is 5.97 Å². The number of carbonyl (C=O) groups excluding carboxylic acids is 4. The molecule has 2 aromatic carbocycles. The molecule has 3 aromatic rings. The van der Waals surface area contributed by atoms with Gasteiger partial charge in [-0.1, -0.05) is 23.8 Å². The standard InChI is InChI=1S/C25H27N5O7S/c1-4-37-18(32)12-28-24(34)21(14-7-10-16(31)17(11-14)36-3)30(15-8-5-13(2)6-9-15)25(35)22-19(26)20(23(27)33)29-38-22/h5-11,21,31H,4,12,26H2,1-3H3,(H2,27,33)(H,28,34)/t21-/m1/s1. The third-order valence-electron chi connectivity index (χ3n) is 5.42. The fourth-order valence-electron chi connectivity index (χ4n) is 3.58. The van der Waals surface area contributed by atoms with Crippen LogP contribution in [0.3, 0.4) is 0 Å². The van der Waals surface area contributed by atoms with E-state index >= 15 is 0 Å². The van der Waals surface area contributed by atoms with Gasteiger partial charge in [0.2, 0.25) is 5.91 Å². The summed E-state index contributed by atoms with van der Waals surface area (Å²) in [6.45, 7) is 3.14. The minimum absolute atomic E-state index is 0.0512. The molecule has 0 spiro atoms. The minimum atomic E-state index is -1.38. The molecule has 1 aromatic heterocycles. The van der Waals surface area contributed by atoms with Crippen LogP contribution >= 0.6 is 11.5 Å². The van der Waals surface area contributed by atoms with Crippen LogP contribution in [0.5, 0.6) is 11.5 Å². The van der Waals surface area contributed by atoms with E-state index in [1.807, 2.05) is 6.92 Å². The van der Waals surface area contributed by atoms with E-state index in [0.29, 0.717) is 17.2 Å². The highest BCUT2D eigenvalue weighted by Gasteiger charge is 2.36. The number of benzene rings is 2. The van der Waals surface area contributed by atoms with Crippen LogP contribution in [0.2, 0.25) is 0 Å². The average Bonchev–Trinajstić information content (AvgIpc) is 3.28. The maximum Gasteiger partial charge on any atom is 0.325 e. The Morgan fingerprint density at radius 1 is 1.16 bits per heavy atom. The normalized spacial score (nSPS) is 11.3. The molecule has 1 atom stereocenters. The van der Waals surface area contributed by atoms with Gasteiger partial charge < -0.3 is 31.4 Å². The fourth-order valence-corrected chi connectivity index (χ4v) is 4.32. The number of hydrogen-bond donors (Lipinski definition) is 4. The second-order valence-electron chi connectivity index (χ2n) is 8.01. The van der Waals surface area contributed by atoms with Gasteiger partial charge in [-0.15, -0.1) is 0 Å². The van der Waals surface area contributed by atoms with Crippen LogP contribution in [-0.2, 0) is 14.3 Å². The molecule has 0 aliphatic rings. The summed E-state index contributed by atoms with van der Waals surface area (Å²) in [4.78, 5) is 52.3. The summed E-state index contributed by atoms with van der Waals surface area (Å²) in [6.07, 6.45) is 0. The second kappa shape index (κ2) is 12.1. The van der Waals surface area contributed by atoms with Gasteiger partial charge in [0.05, 0.1) is 19.4 Å². The molecule has 13 heteroatoms. The number of nitrogens with zero attached hydrogens (tertiary/aromatic N) is 2. The number of aromatic nitrogens is 1. The first-order valence-electron chi connectivity index (χ1n) is 11.3. The number of anilines is 2. The van der Waals surface area contributed by atoms with Crippen molar-refractivity contribution in [3.8, 4) is 11.5 Å². The number of primary amides is 1. The number of carbonyl (C=O) groups is 4. The molecule has 0 fully saturated rings. The van der Waals surface area contributed by atoms with Gasteiger partial charge in [0.25, 0.3) is 11.8 Å². The lowest BCUT2D eigenvalue weighted by atomic mass is 10.0. The number of ether oxygens (including phenoxy) is 2. The first-order chi connectivity index (χ1) is 18.1. The Hall–Kier alpha value is -4.65. The maximum atomic E-state index is 14.0. The molecule has 0 saturated carbocycles. The van der Waals surface area contributed by atoms with Crippen molar-refractivity contribution in [3.05, 3.63) is 64.2 Å². The number of nitrogens with two attached hydrogens (primary N) is 2. The lowest BCUT2D eigenvalue weighted by Crippen LogP contribution is -2.45. The van der Waals surface area contributed by atoms with E-state index in [9.17, 15) is 24.3 Å². The van der Waals surface area contributed by atoms with E-state index in [2.05, 4.69) is 9.69 Å². The lowest BCUT2D eigenvalue weighted by molar-refractivity contribution is -0.143. The summed E-state index contributed by atoms with van der Waals surface area (Å²) in [5.74, 6) is -3.21. The molecular weight excluding hydrogens is 514 g/mol. The number of nitrogens with one attached hydrogen (secondary N) is 1. The van der Waals surface area contributed by atoms with Gasteiger partial charge in [-0.3, -0.25) is 24.1 Å². The topological polar surface area (TPSA) is 187 Å². The first-order valence-corrected chi connectivity index (χ1v) is 12.1. The van der Waals surface area contributed by atoms with Gasteiger partial charge in [0.1, 0.15) is 17.5 Å². The molecule has 12 nitrogen and oxygen atoms in total. The third kappa shape index (κ3) is 6.00. The summed E-state index contributed by atoms with van der Waals surface area (Å²) < 4.78 is 14.0. The number of phenolic OH excluding ortho intramolecular Hbond substituents is 1. The van der Waals surface area contributed by atoms with Crippen LogP contribution in [0, 0.1) is 6.92 Å². The van der Waals surface area contributed by atoms with Gasteiger partial charge in [-0.05, 0) is 55.2 Å². The molecule has 0 bridgehead atoms. The molecule has 3 rings (SSSR count). The molecule has 200 valence electrons. The number of aromatic hydroxyl groups is 1. The zero-order valence-electron chi connectivity index (χ0n) is 20.9. The molecule has 0 aliphatic heterocycles. The molecule has 0 aliphatic carbocycles. The Kier molecular flexibility index (Phi) is 8.86. The van der Waals surface area contributed by atoms with E-state index in [1.165, 1.54) is 25.3 Å². The average molecular weight is 542 g/mol. The Balaban J connectivity index is 2.20. The number of phenols is 1. The van der Waals surface area contributed by atoms with Crippen LogP contribution in [0.4, 0.5) is 11.4 Å². The van der Waals surface area contributed by atoms with E-state index in [-0.39, 0.29) is 39.9 Å². The van der Waals surface area contributed by atoms with Gasteiger partial charge in [0, 0.05) is 5.69 Å². The largest absolute Gasteiger partial charge is 0.504 e. The van der Waals surface area contributed by atoms with Crippen LogP contribution in [0.25, 0.3) is 0 Å². The Morgan fingerprint density at radius 3 is 2.42 bits per heavy atom. The maximum absolute atomic E-state index is 14.0. The molecule has 0 saturated heterocycles. The van der Waals surface area contributed by atoms with Crippen molar-refractivity contribution in [1.82, 2.24) is 9.69 Å². The summed E-state index contributed by atoms with van der Waals surface area (Å²) >= 11 is 0.660. The summed E-state index contributed by atoms with van der Waals surface area (Å²) in [5.41, 5.74) is 12.3. The van der Waals surface area contributed by atoms with E-state index in [1.54, 1.807) is 31.2 Å². The van der Waals surface area contributed by atoms with Crippen LogP contribution < -0.4 is 26.4 Å². The zero-order valence-corrected chi connectivity index (χ0v) is 21.7. The van der Waals surface area contributed by atoms with Gasteiger partial charge in [0.15, 0.2) is 17.2 Å². The highest BCUT2D eigenvalue weighted by atomic mass is 32.1. The predicted molar refractivity (Wildman–Crippen MR) is 140 cm³/mol. The molecular formula is C25H27N5O7S. The highest BCUT2D eigenvalue weighted by molar-refractivity contribution is 7.09. The molecule has 6 N–H and O–H groups in total. The quantitative estimate of drug-likeness (QED) is 0.278. The number of esters is 1. The Bertz CT molecular complexity index is 1360. The zero-order chi connectivity index (χ0) is 28.0. The van der Waals surface area contributed by atoms with Crippen molar-refractivity contribution >= 4 is 46.6 Å². The van der Waals surface area contributed by atoms with Crippen molar-refractivity contribution in [2.45, 2.75) is 19.9 Å². The first kappa shape index (κ1) is 27.9. The van der Waals surface area contributed by atoms with E-state index in [0.717, 1.165) is 10.5 Å². The van der Waals surface area contributed by atoms with Gasteiger partial charge in [-0.2, -0.15) is 4.37 Å². The Labute approximate surface area is 222 Å². The van der Waals surface area contributed by atoms with Crippen LogP contribution in [0.1, 0.15) is 44.3 Å². The predicted octanol–water partition coefficient (Wildman–Crippen LogP) is 1.91. The second-order valence-corrected chi connectivity index (χ2v) is 8.78. The third-order valence-corrected chi connectivity index (χ3v) is 6.28. The van der Waals surface area contributed by atoms with Crippen LogP contribution in [0.15, 0.2) is 42.5 Å². The van der Waals surface area contributed by atoms with Crippen molar-refractivity contribution < 1.29 is 33.8 Å². The Morgan fingerprint density at radius 2 is 1.84 bits per heavy atom. The van der Waals surface area contributed by atoms with Crippen molar-refractivity contribution in [1.29, 1.82) is 0 Å². The molecule has 1 heterocycles. The smallest absolute Gasteiger partial charge is 0.325 e. The molecule has 38 heavy (non-hydrogen) atoms.